The molecule has 2 heterocycles. The van der Waals surface area contributed by atoms with Gasteiger partial charge in [0.05, 0.1) is 15.9 Å². The van der Waals surface area contributed by atoms with E-state index in [-0.39, 0.29) is 20.7 Å². The molecule has 0 unspecified atom stereocenters. The Morgan fingerprint density at radius 2 is 1.91 bits per heavy atom. The number of carbonyl (C=O) groups is 1. The highest BCUT2D eigenvalue weighted by Crippen LogP contribution is 2.24. The zero-order chi connectivity index (χ0) is 15.9. The average molecular weight is 324 g/mol. The van der Waals surface area contributed by atoms with E-state index < -0.39 is 21.8 Å². The first-order valence-corrected chi connectivity index (χ1v) is 8.29. The second-order valence-corrected chi connectivity index (χ2v) is 7.09. The molecule has 1 fully saturated rings. The van der Waals surface area contributed by atoms with E-state index >= 15 is 0 Å². The molecular weight excluding hydrogens is 310 g/mol. The van der Waals surface area contributed by atoms with Gasteiger partial charge in [0.2, 0.25) is 15.8 Å². The molecule has 2 aromatic rings. The van der Waals surface area contributed by atoms with Crippen LogP contribution in [0, 0.1) is 5.21 Å². The van der Waals surface area contributed by atoms with Crippen molar-refractivity contribution >= 4 is 27.0 Å². The molecule has 118 valence electrons. The lowest BCUT2D eigenvalue weighted by Gasteiger charge is -2.26. The van der Waals surface area contributed by atoms with E-state index in [0.29, 0.717) is 13.1 Å². The lowest BCUT2D eigenvalue weighted by atomic mass is 10.2. The largest absolute Gasteiger partial charge is 0.804 e. The summed E-state index contributed by atoms with van der Waals surface area (Å²) >= 11 is 0. The number of benzene rings is 1. The van der Waals surface area contributed by atoms with Crippen molar-refractivity contribution in [1.82, 2.24) is 14.0 Å². The highest BCUT2D eigenvalue weighted by Gasteiger charge is 2.26. The first-order chi connectivity index (χ1) is 10.4. The highest BCUT2D eigenvalue weighted by atomic mass is 32.2. The lowest BCUT2D eigenvalue weighted by Crippen LogP contribution is -2.35. The minimum absolute atomic E-state index is 0.0177. The number of piperidine rings is 1. The van der Waals surface area contributed by atoms with Gasteiger partial charge in [0.1, 0.15) is 0 Å². The topological polar surface area (TPSA) is 116 Å². The van der Waals surface area contributed by atoms with E-state index in [1.807, 2.05) is 0 Å². The standard InChI is InChI=1S/C13H14N3O5S/c17-13(18)12-14-10-5-4-9(8-11(10)16(12)19)22(20,21)15-6-2-1-3-7-15/h4-5,8H,1-3,6-7H2,(H,17,18)/q-1. The third kappa shape index (κ3) is 2.32. The molecule has 0 aliphatic carbocycles. The van der Waals surface area contributed by atoms with Crippen molar-refractivity contribution in [2.24, 2.45) is 0 Å². The molecule has 8 nitrogen and oxygen atoms in total. The molecule has 0 saturated carbocycles. The SMILES string of the molecule is O=C(O)c1nc2ccc(S(=O)(=O)N3CCCCC3)cc2n1[O-]. The third-order valence-electron chi connectivity index (χ3n) is 3.73. The monoisotopic (exact) mass is 324 g/mol. The molecule has 3 rings (SSSR count). The predicted octanol–water partition coefficient (Wildman–Crippen LogP) is 1.25. The summed E-state index contributed by atoms with van der Waals surface area (Å²) in [5, 5.41) is 20.8. The molecule has 0 amide bonds. The number of aromatic nitrogens is 2. The summed E-state index contributed by atoms with van der Waals surface area (Å²) in [5.74, 6) is -2.12. The van der Waals surface area contributed by atoms with Crippen LogP contribution in [0.1, 0.15) is 29.9 Å². The zero-order valence-electron chi connectivity index (χ0n) is 11.6. The van der Waals surface area contributed by atoms with Crippen molar-refractivity contribution in [3.63, 3.8) is 0 Å². The van der Waals surface area contributed by atoms with Crippen molar-refractivity contribution in [2.45, 2.75) is 24.2 Å². The number of carboxylic acid groups (broad SMARTS) is 1. The van der Waals surface area contributed by atoms with Crippen LogP contribution in [0.3, 0.4) is 0 Å². The van der Waals surface area contributed by atoms with Crippen molar-refractivity contribution in [3.8, 4) is 0 Å². The average Bonchev–Trinajstić information content (AvgIpc) is 2.85. The summed E-state index contributed by atoms with van der Waals surface area (Å²) in [5.41, 5.74) is 0.0977. The quantitative estimate of drug-likeness (QED) is 0.908. The molecule has 0 bridgehead atoms. The van der Waals surface area contributed by atoms with Crippen LogP contribution in [0.2, 0.25) is 0 Å². The van der Waals surface area contributed by atoms with Crippen LogP contribution < -0.4 is 0 Å². The van der Waals surface area contributed by atoms with Crippen LogP contribution in [0.5, 0.6) is 0 Å². The van der Waals surface area contributed by atoms with Crippen LogP contribution in [0.25, 0.3) is 11.0 Å². The summed E-state index contributed by atoms with van der Waals surface area (Å²) < 4.78 is 26.7. The molecular formula is C13H14N3O5S-. The molecule has 9 heteroatoms. The maximum absolute atomic E-state index is 12.6. The van der Waals surface area contributed by atoms with Crippen molar-refractivity contribution in [2.75, 3.05) is 13.1 Å². The van der Waals surface area contributed by atoms with E-state index in [9.17, 15) is 18.4 Å². The number of carboxylic acids is 1. The van der Waals surface area contributed by atoms with Gasteiger partial charge in [0.25, 0.3) is 0 Å². The number of imidazole rings is 1. The Balaban J connectivity index is 2.08. The van der Waals surface area contributed by atoms with E-state index in [0.717, 1.165) is 19.3 Å². The zero-order valence-corrected chi connectivity index (χ0v) is 12.4. The molecule has 0 radical (unpaired) electrons. The normalized spacial score (nSPS) is 16.9. The van der Waals surface area contributed by atoms with Gasteiger partial charge in [-0.15, -0.1) is 0 Å². The van der Waals surface area contributed by atoms with Crippen LogP contribution in [-0.2, 0) is 10.0 Å². The van der Waals surface area contributed by atoms with Crippen LogP contribution in [-0.4, -0.2) is 46.6 Å². The molecule has 0 atom stereocenters. The Morgan fingerprint density at radius 3 is 2.55 bits per heavy atom. The first-order valence-electron chi connectivity index (χ1n) is 6.85. The molecule has 1 aliphatic rings. The molecule has 1 aliphatic heterocycles. The fraction of sp³-hybridized carbons (Fsp3) is 0.385. The molecule has 1 saturated heterocycles. The van der Waals surface area contributed by atoms with E-state index in [4.69, 9.17) is 5.11 Å². The van der Waals surface area contributed by atoms with Gasteiger partial charge < -0.3 is 15.0 Å². The second kappa shape index (κ2) is 5.25. The van der Waals surface area contributed by atoms with Crippen LogP contribution in [0.15, 0.2) is 23.1 Å². The van der Waals surface area contributed by atoms with Crippen LogP contribution >= 0.6 is 0 Å². The Labute approximate surface area is 126 Å². The fourth-order valence-electron chi connectivity index (χ4n) is 2.58. The summed E-state index contributed by atoms with van der Waals surface area (Å²) in [6.07, 6.45) is 2.62. The summed E-state index contributed by atoms with van der Waals surface area (Å²) in [6, 6.07) is 3.89. The Bertz CT molecular complexity index is 837. The van der Waals surface area contributed by atoms with E-state index in [1.165, 1.54) is 22.5 Å². The Hall–Kier alpha value is -2.13. The third-order valence-corrected chi connectivity index (χ3v) is 5.62. The van der Waals surface area contributed by atoms with Gasteiger partial charge >= 0.3 is 5.97 Å². The van der Waals surface area contributed by atoms with Gasteiger partial charge in [0.15, 0.2) is 0 Å². The summed E-state index contributed by atoms with van der Waals surface area (Å²) in [4.78, 5) is 14.6. The molecule has 1 aromatic carbocycles. The summed E-state index contributed by atoms with van der Waals surface area (Å²) in [7, 11) is -3.68. The maximum Gasteiger partial charge on any atom is 0.371 e. The lowest BCUT2D eigenvalue weighted by molar-refractivity contribution is 0.0682. The number of nitrogens with zero attached hydrogens (tertiary/aromatic N) is 3. The van der Waals surface area contributed by atoms with Gasteiger partial charge in [-0.3, -0.25) is 0 Å². The van der Waals surface area contributed by atoms with Gasteiger partial charge in [-0.2, -0.15) is 4.31 Å². The van der Waals surface area contributed by atoms with Gasteiger partial charge in [-0.05, 0) is 31.0 Å². The van der Waals surface area contributed by atoms with Gasteiger partial charge in [-0.1, -0.05) is 6.42 Å². The van der Waals surface area contributed by atoms with Gasteiger partial charge in [-0.25, -0.2) is 18.2 Å². The highest BCUT2D eigenvalue weighted by molar-refractivity contribution is 7.89. The number of aromatic carboxylic acids is 1. The number of fused-ring (bicyclic) bond motifs is 1. The molecule has 1 N–H and O–H groups in total. The molecule has 0 spiro atoms. The molecule has 22 heavy (non-hydrogen) atoms. The number of hydrogen-bond donors (Lipinski definition) is 1. The fourth-order valence-corrected chi connectivity index (χ4v) is 4.12. The summed E-state index contributed by atoms with van der Waals surface area (Å²) in [6.45, 7) is 0.911. The predicted molar refractivity (Wildman–Crippen MR) is 78.1 cm³/mol. The number of rotatable bonds is 3. The number of hydrogen-bond acceptors (Lipinski definition) is 5. The van der Waals surface area contributed by atoms with Crippen molar-refractivity contribution < 1.29 is 18.3 Å². The van der Waals surface area contributed by atoms with E-state index in [2.05, 4.69) is 4.98 Å². The van der Waals surface area contributed by atoms with Crippen molar-refractivity contribution in [3.05, 3.63) is 29.2 Å². The minimum Gasteiger partial charge on any atom is -0.804 e. The van der Waals surface area contributed by atoms with E-state index in [1.54, 1.807) is 0 Å². The van der Waals surface area contributed by atoms with Crippen LogP contribution in [0.4, 0.5) is 0 Å². The smallest absolute Gasteiger partial charge is 0.371 e. The molecule has 1 aromatic heterocycles. The number of sulfonamides is 1. The first kappa shape index (κ1) is 14.8. The Kier molecular flexibility index (Phi) is 3.53. The van der Waals surface area contributed by atoms with Crippen molar-refractivity contribution in [1.29, 1.82) is 0 Å². The maximum atomic E-state index is 12.6. The second-order valence-electron chi connectivity index (χ2n) is 5.15. The van der Waals surface area contributed by atoms with Gasteiger partial charge in [0, 0.05) is 13.1 Å². The Morgan fingerprint density at radius 1 is 1.23 bits per heavy atom. The minimum atomic E-state index is -3.68.